The van der Waals surface area contributed by atoms with Crippen LogP contribution in [-0.2, 0) is 0 Å². The van der Waals surface area contributed by atoms with Gasteiger partial charge in [-0.1, -0.05) is 17.7 Å². The largest absolute Gasteiger partial charge is 0.354 e. The summed E-state index contributed by atoms with van der Waals surface area (Å²) < 4.78 is 0. The van der Waals surface area contributed by atoms with Gasteiger partial charge < -0.3 is 10.3 Å². The Morgan fingerprint density at radius 2 is 1.64 bits per heavy atom. The van der Waals surface area contributed by atoms with Gasteiger partial charge in [0.25, 0.3) is 0 Å². The van der Waals surface area contributed by atoms with Crippen molar-refractivity contribution in [1.82, 2.24) is 19.9 Å². The Morgan fingerprint density at radius 1 is 0.880 bits per heavy atom. The van der Waals surface area contributed by atoms with Crippen LogP contribution < -0.4 is 5.32 Å². The fourth-order valence-corrected chi connectivity index (χ4v) is 3.20. The molecular formula is C20H15N5. The second-order valence-electron chi connectivity index (χ2n) is 6.14. The summed E-state index contributed by atoms with van der Waals surface area (Å²) in [4.78, 5) is 16.9. The van der Waals surface area contributed by atoms with E-state index in [4.69, 9.17) is 4.98 Å². The lowest BCUT2D eigenvalue weighted by molar-refractivity contribution is 1.33. The predicted octanol–water partition coefficient (Wildman–Crippen LogP) is 4.71. The Kier molecular flexibility index (Phi) is 2.94. The monoisotopic (exact) mass is 325 g/mol. The van der Waals surface area contributed by atoms with Crippen LogP contribution in [0, 0.1) is 6.92 Å². The van der Waals surface area contributed by atoms with Gasteiger partial charge in [0.2, 0.25) is 0 Å². The number of aryl methyl sites for hydroxylation is 1. The maximum Gasteiger partial charge on any atom is 0.141 e. The average Bonchev–Trinajstić information content (AvgIpc) is 3.04. The molecule has 0 amide bonds. The lowest BCUT2D eigenvalue weighted by Crippen LogP contribution is -1.96. The summed E-state index contributed by atoms with van der Waals surface area (Å²) in [6, 6.07) is 12.2. The average molecular weight is 325 g/mol. The van der Waals surface area contributed by atoms with Gasteiger partial charge in [0.1, 0.15) is 5.82 Å². The van der Waals surface area contributed by atoms with Crippen LogP contribution >= 0.6 is 0 Å². The maximum absolute atomic E-state index is 4.84. The Balaban J connectivity index is 1.84. The zero-order valence-corrected chi connectivity index (χ0v) is 13.6. The van der Waals surface area contributed by atoms with Crippen LogP contribution in [0.15, 0.2) is 61.2 Å². The third-order valence-corrected chi connectivity index (χ3v) is 4.45. The van der Waals surface area contributed by atoms with E-state index in [1.165, 1.54) is 5.56 Å². The molecule has 25 heavy (non-hydrogen) atoms. The molecule has 5 rings (SSSR count). The number of aromatic amines is 1. The number of fused-ring (bicyclic) bond motifs is 5. The molecule has 0 radical (unpaired) electrons. The Labute approximate surface area is 143 Å². The van der Waals surface area contributed by atoms with Crippen LogP contribution in [0.2, 0.25) is 0 Å². The molecule has 120 valence electrons. The molecule has 1 aromatic carbocycles. The van der Waals surface area contributed by atoms with E-state index < -0.39 is 0 Å². The van der Waals surface area contributed by atoms with Crippen LogP contribution in [0.3, 0.4) is 0 Å². The minimum absolute atomic E-state index is 0.816. The summed E-state index contributed by atoms with van der Waals surface area (Å²) in [6.07, 6.45) is 7.28. The summed E-state index contributed by atoms with van der Waals surface area (Å²) in [5, 5.41) is 6.55. The number of pyridine rings is 3. The molecule has 5 aromatic rings. The highest BCUT2D eigenvalue weighted by Crippen LogP contribution is 2.35. The van der Waals surface area contributed by atoms with Gasteiger partial charge in [-0.3, -0.25) is 9.97 Å². The molecule has 0 unspecified atom stereocenters. The minimum Gasteiger partial charge on any atom is -0.354 e. The molecule has 0 saturated carbocycles. The van der Waals surface area contributed by atoms with E-state index in [2.05, 4.69) is 51.5 Å². The van der Waals surface area contributed by atoms with Gasteiger partial charge in [0, 0.05) is 46.8 Å². The van der Waals surface area contributed by atoms with Crippen molar-refractivity contribution in [2.24, 2.45) is 0 Å². The molecule has 0 bridgehead atoms. The summed E-state index contributed by atoms with van der Waals surface area (Å²) in [7, 11) is 0. The molecule has 0 aliphatic rings. The summed E-state index contributed by atoms with van der Waals surface area (Å²) in [5.41, 5.74) is 5.19. The predicted molar refractivity (Wildman–Crippen MR) is 101 cm³/mol. The number of rotatable bonds is 2. The molecule has 0 aliphatic heterocycles. The quantitative estimate of drug-likeness (QED) is 0.493. The number of H-pyrrole nitrogens is 1. The first-order valence-corrected chi connectivity index (χ1v) is 8.12. The normalized spacial score (nSPS) is 11.4. The maximum atomic E-state index is 4.84. The summed E-state index contributed by atoms with van der Waals surface area (Å²) in [6.45, 7) is 2.08. The molecule has 0 aliphatic carbocycles. The highest BCUT2D eigenvalue weighted by Gasteiger charge is 2.14. The smallest absolute Gasteiger partial charge is 0.141 e. The highest BCUT2D eigenvalue weighted by molar-refractivity contribution is 6.20. The number of aromatic nitrogens is 4. The van der Waals surface area contributed by atoms with Crippen molar-refractivity contribution in [3.8, 4) is 0 Å². The zero-order chi connectivity index (χ0) is 16.8. The number of nitrogens with one attached hydrogen (secondary N) is 2. The van der Waals surface area contributed by atoms with E-state index >= 15 is 0 Å². The van der Waals surface area contributed by atoms with Crippen molar-refractivity contribution < 1.29 is 0 Å². The molecule has 5 heteroatoms. The van der Waals surface area contributed by atoms with Crippen LogP contribution in [0.1, 0.15) is 5.56 Å². The van der Waals surface area contributed by atoms with Gasteiger partial charge in [0.05, 0.1) is 16.4 Å². The van der Waals surface area contributed by atoms with E-state index in [-0.39, 0.29) is 0 Å². The van der Waals surface area contributed by atoms with Crippen LogP contribution in [0.5, 0.6) is 0 Å². The van der Waals surface area contributed by atoms with Crippen LogP contribution in [0.25, 0.3) is 32.7 Å². The molecule has 4 heterocycles. The highest BCUT2D eigenvalue weighted by atomic mass is 15.0. The van der Waals surface area contributed by atoms with Crippen molar-refractivity contribution >= 4 is 44.2 Å². The molecule has 5 nitrogen and oxygen atoms in total. The van der Waals surface area contributed by atoms with Gasteiger partial charge >= 0.3 is 0 Å². The third kappa shape index (κ3) is 2.21. The second-order valence-corrected chi connectivity index (χ2v) is 6.14. The van der Waals surface area contributed by atoms with E-state index in [0.29, 0.717) is 0 Å². The third-order valence-electron chi connectivity index (χ3n) is 4.45. The van der Waals surface area contributed by atoms with Crippen molar-refractivity contribution in [3.05, 3.63) is 66.7 Å². The second kappa shape index (κ2) is 5.27. The molecule has 2 N–H and O–H groups in total. The van der Waals surface area contributed by atoms with Crippen LogP contribution in [-0.4, -0.2) is 19.9 Å². The number of anilines is 2. The van der Waals surface area contributed by atoms with Gasteiger partial charge in [-0.05, 0) is 31.2 Å². The zero-order valence-electron chi connectivity index (χ0n) is 13.6. The Bertz CT molecular complexity index is 1220. The fourth-order valence-electron chi connectivity index (χ4n) is 3.20. The molecular weight excluding hydrogens is 310 g/mol. The van der Waals surface area contributed by atoms with Gasteiger partial charge in [0.15, 0.2) is 0 Å². The first kappa shape index (κ1) is 13.9. The van der Waals surface area contributed by atoms with Crippen molar-refractivity contribution in [1.29, 1.82) is 0 Å². The Hall–Kier alpha value is -3.47. The minimum atomic E-state index is 0.816. The fraction of sp³-hybridized carbons (Fsp3) is 0.0500. The number of hydrogen-bond acceptors (Lipinski definition) is 4. The first-order chi connectivity index (χ1) is 12.3. The van der Waals surface area contributed by atoms with E-state index in [9.17, 15) is 0 Å². The van der Waals surface area contributed by atoms with E-state index in [1.54, 1.807) is 12.4 Å². The SMILES string of the molecule is Cc1ccc(Nc2nc3ccncc3c3[nH]c4ccncc4c23)cc1. The number of nitrogens with zero attached hydrogens (tertiary/aromatic N) is 3. The first-order valence-electron chi connectivity index (χ1n) is 8.12. The molecule has 0 spiro atoms. The van der Waals surface area contributed by atoms with Crippen molar-refractivity contribution in [3.63, 3.8) is 0 Å². The van der Waals surface area contributed by atoms with E-state index in [1.807, 2.05) is 24.5 Å². The number of hydrogen-bond donors (Lipinski definition) is 2. The Morgan fingerprint density at radius 3 is 2.48 bits per heavy atom. The molecule has 0 fully saturated rings. The van der Waals surface area contributed by atoms with Crippen molar-refractivity contribution in [2.75, 3.05) is 5.32 Å². The lowest BCUT2D eigenvalue weighted by Gasteiger charge is -2.09. The summed E-state index contributed by atoms with van der Waals surface area (Å²) >= 11 is 0. The van der Waals surface area contributed by atoms with Crippen molar-refractivity contribution in [2.45, 2.75) is 6.92 Å². The van der Waals surface area contributed by atoms with E-state index in [0.717, 1.165) is 44.2 Å². The standard InChI is InChI=1S/C20H15N5/c1-12-2-4-13(5-3-12)23-20-18-14-10-21-8-6-16(14)24-19(18)15-11-22-9-7-17(15)25-20/h2-11,24H,1H3,(H,23,25). The van der Waals surface area contributed by atoms with Crippen LogP contribution in [0.4, 0.5) is 11.5 Å². The molecule has 0 atom stereocenters. The topological polar surface area (TPSA) is 66.5 Å². The molecule has 4 aromatic heterocycles. The molecule has 0 saturated heterocycles. The van der Waals surface area contributed by atoms with Gasteiger partial charge in [-0.15, -0.1) is 0 Å². The summed E-state index contributed by atoms with van der Waals surface area (Å²) in [5.74, 6) is 0.816. The number of benzene rings is 1. The lowest BCUT2D eigenvalue weighted by atomic mass is 10.1. The van der Waals surface area contributed by atoms with Gasteiger partial charge in [-0.2, -0.15) is 0 Å². The van der Waals surface area contributed by atoms with Gasteiger partial charge in [-0.25, -0.2) is 4.98 Å².